The highest BCUT2D eigenvalue weighted by Crippen LogP contribution is 2.52. The van der Waals surface area contributed by atoms with Crippen molar-refractivity contribution in [1.29, 1.82) is 0 Å². The number of amides is 1. The fourth-order valence-corrected chi connectivity index (χ4v) is 2.14. The molecule has 2 aliphatic rings. The highest BCUT2D eigenvalue weighted by atomic mass is 16.2. The lowest BCUT2D eigenvalue weighted by atomic mass is 10.1. The number of nitrogens with zero attached hydrogens (tertiary/aromatic N) is 1. The van der Waals surface area contributed by atoms with Crippen molar-refractivity contribution in [1.82, 2.24) is 4.90 Å². The predicted molar refractivity (Wildman–Crippen MR) is 48.1 cm³/mol. The van der Waals surface area contributed by atoms with Crippen LogP contribution in [0, 0.1) is 5.41 Å². The molecule has 13 heavy (non-hydrogen) atoms. The first-order chi connectivity index (χ1) is 6.07. The van der Waals surface area contributed by atoms with Crippen molar-refractivity contribution in [3.63, 3.8) is 0 Å². The molecule has 0 radical (unpaired) electrons. The molecular formula is C10H15NO2. The highest BCUT2D eigenvalue weighted by Gasteiger charge is 2.54. The average molecular weight is 181 g/mol. The van der Waals surface area contributed by atoms with E-state index in [1.165, 1.54) is 0 Å². The van der Waals surface area contributed by atoms with E-state index in [-0.39, 0.29) is 18.1 Å². The Labute approximate surface area is 78.1 Å². The summed E-state index contributed by atoms with van der Waals surface area (Å²) in [5, 5.41) is 0. The smallest absolute Gasteiger partial charge is 0.230 e. The summed E-state index contributed by atoms with van der Waals surface area (Å²) in [6, 6.07) is 0.344. The zero-order valence-corrected chi connectivity index (χ0v) is 8.17. The number of ketones is 1. The molecule has 0 spiro atoms. The molecule has 3 nitrogen and oxygen atoms in total. The van der Waals surface area contributed by atoms with E-state index >= 15 is 0 Å². The molecule has 1 saturated carbocycles. The summed E-state index contributed by atoms with van der Waals surface area (Å²) in [5.74, 6) is 0.113. The largest absolute Gasteiger partial charge is 0.331 e. The minimum Gasteiger partial charge on any atom is -0.331 e. The maximum atomic E-state index is 11.4. The zero-order chi connectivity index (χ0) is 9.64. The molecule has 1 aliphatic heterocycles. The average Bonchev–Trinajstić information content (AvgIpc) is 2.63. The van der Waals surface area contributed by atoms with Crippen molar-refractivity contribution in [2.45, 2.75) is 39.2 Å². The second kappa shape index (κ2) is 2.56. The van der Waals surface area contributed by atoms with Gasteiger partial charge < -0.3 is 4.90 Å². The van der Waals surface area contributed by atoms with E-state index in [2.05, 4.69) is 13.8 Å². The molecule has 0 aromatic carbocycles. The number of likely N-dealkylation sites (tertiary alicyclic amines) is 1. The summed E-state index contributed by atoms with van der Waals surface area (Å²) < 4.78 is 0. The monoisotopic (exact) mass is 181 g/mol. The minimum atomic E-state index is 0.0344. The van der Waals surface area contributed by atoms with Crippen LogP contribution >= 0.6 is 0 Å². The lowest BCUT2D eigenvalue weighted by Gasteiger charge is -2.17. The molecule has 2 atom stereocenters. The second-order valence-electron chi connectivity index (χ2n) is 4.46. The standard InChI is InChI=1S/C10H15NO2/c1-3-10(2)5-8(10)11-6-7(12)4-9(11)13/h8H,3-6H2,1-2H3. The number of Topliss-reactive ketones (excluding diaryl/α,β-unsaturated/α-hetero) is 1. The van der Waals surface area contributed by atoms with E-state index in [0.717, 1.165) is 12.8 Å². The van der Waals surface area contributed by atoms with Crippen LogP contribution in [-0.2, 0) is 9.59 Å². The molecule has 2 fully saturated rings. The van der Waals surface area contributed by atoms with Crippen LogP contribution in [0.1, 0.15) is 33.1 Å². The molecular weight excluding hydrogens is 166 g/mol. The van der Waals surface area contributed by atoms with Crippen LogP contribution in [-0.4, -0.2) is 29.2 Å². The van der Waals surface area contributed by atoms with Gasteiger partial charge in [-0.3, -0.25) is 9.59 Å². The first-order valence-corrected chi connectivity index (χ1v) is 4.88. The third-order valence-corrected chi connectivity index (χ3v) is 3.50. The fourth-order valence-electron chi connectivity index (χ4n) is 2.14. The van der Waals surface area contributed by atoms with Gasteiger partial charge in [0.2, 0.25) is 5.91 Å². The van der Waals surface area contributed by atoms with Crippen molar-refractivity contribution in [3.8, 4) is 0 Å². The topological polar surface area (TPSA) is 37.4 Å². The number of carbonyl (C=O) groups excluding carboxylic acids is 2. The molecule has 0 aromatic heterocycles. The molecule has 1 aliphatic carbocycles. The zero-order valence-electron chi connectivity index (χ0n) is 8.17. The Hall–Kier alpha value is -0.860. The Balaban J connectivity index is 2.05. The van der Waals surface area contributed by atoms with Crippen molar-refractivity contribution in [2.75, 3.05) is 6.54 Å². The Bertz CT molecular complexity index is 274. The lowest BCUT2D eigenvalue weighted by Crippen LogP contribution is -2.30. The summed E-state index contributed by atoms with van der Waals surface area (Å²) in [6.07, 6.45) is 2.30. The van der Waals surface area contributed by atoms with Crippen LogP contribution in [0.4, 0.5) is 0 Å². The number of rotatable bonds is 2. The van der Waals surface area contributed by atoms with Gasteiger partial charge in [0.25, 0.3) is 0 Å². The second-order valence-corrected chi connectivity index (χ2v) is 4.46. The SMILES string of the molecule is CCC1(C)CC1N1CC(=O)CC1=O. The van der Waals surface area contributed by atoms with Gasteiger partial charge in [0.15, 0.2) is 5.78 Å². The van der Waals surface area contributed by atoms with Gasteiger partial charge >= 0.3 is 0 Å². The van der Waals surface area contributed by atoms with E-state index in [4.69, 9.17) is 0 Å². The maximum absolute atomic E-state index is 11.4. The van der Waals surface area contributed by atoms with Crippen molar-refractivity contribution < 1.29 is 9.59 Å². The Morgan fingerprint density at radius 1 is 1.54 bits per heavy atom. The maximum Gasteiger partial charge on any atom is 0.230 e. The summed E-state index contributed by atoms with van der Waals surface area (Å²) in [4.78, 5) is 24.2. The molecule has 0 bridgehead atoms. The molecule has 1 heterocycles. The first kappa shape index (κ1) is 8.73. The lowest BCUT2D eigenvalue weighted by molar-refractivity contribution is -0.128. The van der Waals surface area contributed by atoms with Crippen LogP contribution < -0.4 is 0 Å². The third-order valence-electron chi connectivity index (χ3n) is 3.50. The fraction of sp³-hybridized carbons (Fsp3) is 0.800. The normalized spacial score (nSPS) is 38.6. The van der Waals surface area contributed by atoms with Crippen molar-refractivity contribution >= 4 is 11.7 Å². The Kier molecular flexibility index (Phi) is 1.72. The molecule has 2 rings (SSSR count). The molecule has 2 unspecified atom stereocenters. The van der Waals surface area contributed by atoms with Crippen LogP contribution in [0.3, 0.4) is 0 Å². The van der Waals surface area contributed by atoms with Crippen molar-refractivity contribution in [2.24, 2.45) is 5.41 Å². The van der Waals surface area contributed by atoms with E-state index in [9.17, 15) is 9.59 Å². The van der Waals surface area contributed by atoms with Crippen molar-refractivity contribution in [3.05, 3.63) is 0 Å². The van der Waals surface area contributed by atoms with Gasteiger partial charge in [-0.2, -0.15) is 0 Å². The van der Waals surface area contributed by atoms with E-state index < -0.39 is 0 Å². The van der Waals surface area contributed by atoms with Crippen LogP contribution in [0.15, 0.2) is 0 Å². The number of hydrogen-bond acceptors (Lipinski definition) is 2. The first-order valence-electron chi connectivity index (χ1n) is 4.88. The van der Waals surface area contributed by atoms with Crippen LogP contribution in [0.25, 0.3) is 0 Å². The predicted octanol–water partition coefficient (Wildman–Crippen LogP) is 0.976. The van der Waals surface area contributed by atoms with Gasteiger partial charge in [0, 0.05) is 6.04 Å². The molecule has 0 aromatic rings. The minimum absolute atomic E-state index is 0.0344. The van der Waals surface area contributed by atoms with Gasteiger partial charge in [0.1, 0.15) is 0 Å². The summed E-state index contributed by atoms with van der Waals surface area (Å²) in [6.45, 7) is 4.69. The third kappa shape index (κ3) is 1.26. The van der Waals surface area contributed by atoms with Crippen LogP contribution in [0.2, 0.25) is 0 Å². The summed E-state index contributed by atoms with van der Waals surface area (Å²) in [7, 11) is 0. The van der Waals surface area contributed by atoms with Gasteiger partial charge in [-0.25, -0.2) is 0 Å². The van der Waals surface area contributed by atoms with Gasteiger partial charge in [-0.1, -0.05) is 13.8 Å². The van der Waals surface area contributed by atoms with Crippen LogP contribution in [0.5, 0.6) is 0 Å². The molecule has 1 amide bonds. The summed E-state index contributed by atoms with van der Waals surface area (Å²) in [5.41, 5.74) is 0.292. The highest BCUT2D eigenvalue weighted by molar-refractivity contribution is 6.05. The summed E-state index contributed by atoms with van der Waals surface area (Å²) >= 11 is 0. The quantitative estimate of drug-likeness (QED) is 0.595. The molecule has 0 N–H and O–H groups in total. The van der Waals surface area contributed by atoms with E-state index in [1.54, 1.807) is 4.90 Å². The van der Waals surface area contributed by atoms with E-state index in [1.807, 2.05) is 0 Å². The molecule has 1 saturated heterocycles. The van der Waals surface area contributed by atoms with Gasteiger partial charge in [-0.15, -0.1) is 0 Å². The van der Waals surface area contributed by atoms with Gasteiger partial charge in [0.05, 0.1) is 13.0 Å². The van der Waals surface area contributed by atoms with E-state index in [0.29, 0.717) is 18.0 Å². The number of hydrogen-bond donors (Lipinski definition) is 0. The van der Waals surface area contributed by atoms with Gasteiger partial charge in [-0.05, 0) is 18.3 Å². The Morgan fingerprint density at radius 3 is 2.62 bits per heavy atom. The molecule has 72 valence electrons. The number of carbonyl (C=O) groups is 2. The molecule has 3 heteroatoms. The Morgan fingerprint density at radius 2 is 2.23 bits per heavy atom.